The Balaban J connectivity index is 1.52. The number of benzene rings is 3. The molecule has 0 saturated heterocycles. The summed E-state index contributed by atoms with van der Waals surface area (Å²) in [5.74, 6) is 0.362. The molecule has 7 nitrogen and oxygen atoms in total. The Morgan fingerprint density at radius 2 is 1.70 bits per heavy atom. The molecule has 0 fully saturated rings. The minimum Gasteiger partial charge on any atom is -0.497 e. The van der Waals surface area contributed by atoms with Gasteiger partial charge in [0.25, 0.3) is 0 Å². The van der Waals surface area contributed by atoms with E-state index in [0.29, 0.717) is 13.0 Å². The smallest absolute Gasteiger partial charge is 0.319 e. The van der Waals surface area contributed by atoms with Gasteiger partial charge in [-0.3, -0.25) is 14.5 Å². The number of hydrogen-bond donors (Lipinski definition) is 2. The topological polar surface area (TPSA) is 83.7 Å². The average Bonchev–Trinajstić information content (AvgIpc) is 3.30. The molecule has 2 heterocycles. The highest BCUT2D eigenvalue weighted by Crippen LogP contribution is 2.41. The van der Waals surface area contributed by atoms with Crippen molar-refractivity contribution in [3.8, 4) is 5.75 Å². The summed E-state index contributed by atoms with van der Waals surface area (Å²) >= 11 is 0. The summed E-state index contributed by atoms with van der Waals surface area (Å²) in [7, 11) is 3.03. The molecule has 1 unspecified atom stereocenters. The van der Waals surface area contributed by atoms with Gasteiger partial charge in [-0.25, -0.2) is 0 Å². The van der Waals surface area contributed by atoms with Gasteiger partial charge in [0, 0.05) is 35.6 Å². The fourth-order valence-corrected chi connectivity index (χ4v) is 5.25. The number of rotatable bonds is 8. The lowest BCUT2D eigenvalue weighted by Crippen LogP contribution is -2.48. The second-order valence-corrected chi connectivity index (χ2v) is 9.31. The maximum absolute atomic E-state index is 13.1. The lowest BCUT2D eigenvalue weighted by Gasteiger charge is -2.41. The zero-order chi connectivity index (χ0) is 25.8. The van der Waals surface area contributed by atoms with E-state index < -0.39 is 0 Å². The second kappa shape index (κ2) is 10.9. The van der Waals surface area contributed by atoms with Gasteiger partial charge in [-0.05, 0) is 41.3 Å². The van der Waals surface area contributed by atoms with Crippen molar-refractivity contribution in [2.24, 2.45) is 0 Å². The van der Waals surface area contributed by atoms with E-state index in [9.17, 15) is 9.59 Å². The number of carbonyl (C=O) groups is 2. The summed E-state index contributed by atoms with van der Waals surface area (Å²) in [5.41, 5.74) is 5.31. The number of carbonyl (C=O) groups excluding carboxylic acids is 2. The number of methoxy groups -OCH3 is 2. The van der Waals surface area contributed by atoms with Gasteiger partial charge in [-0.2, -0.15) is 0 Å². The van der Waals surface area contributed by atoms with Crippen LogP contribution in [0.3, 0.4) is 0 Å². The number of H-pyrrole nitrogens is 1. The van der Waals surface area contributed by atoms with Crippen molar-refractivity contribution in [1.82, 2.24) is 15.2 Å². The van der Waals surface area contributed by atoms with Crippen LogP contribution in [-0.2, 0) is 27.3 Å². The Hall–Kier alpha value is -4.10. The number of esters is 1. The van der Waals surface area contributed by atoms with E-state index in [1.165, 1.54) is 12.7 Å². The number of aromatic amines is 1. The van der Waals surface area contributed by atoms with Crippen molar-refractivity contribution in [2.45, 2.75) is 31.5 Å². The SMILES string of the molecule is COC(=O)CN1C(CC(=O)NCc2ccccc2)Cc2c([nH]c3ccccc23)[C@@H]1c1ccc(OC)cc1. The van der Waals surface area contributed by atoms with Crippen molar-refractivity contribution in [3.63, 3.8) is 0 Å². The number of aromatic nitrogens is 1. The third-order valence-electron chi connectivity index (χ3n) is 7.08. The fraction of sp³-hybridized carbons (Fsp3) is 0.267. The van der Waals surface area contributed by atoms with Gasteiger partial charge in [0.2, 0.25) is 5.91 Å². The number of nitrogens with one attached hydrogen (secondary N) is 2. The standard InChI is InChI=1S/C30H31N3O4/c1-36-23-14-12-21(13-15-23)30-29-25(24-10-6-7-11-26(24)32-29)16-22(33(30)19-28(35)37-2)17-27(34)31-18-20-8-4-3-5-9-20/h3-15,22,30,32H,16-19H2,1-2H3,(H,31,34)/t22?,30-/m0/s1. The zero-order valence-corrected chi connectivity index (χ0v) is 21.1. The van der Waals surface area contributed by atoms with Crippen molar-refractivity contribution >= 4 is 22.8 Å². The number of para-hydroxylation sites is 1. The maximum atomic E-state index is 13.1. The predicted molar refractivity (Wildman–Crippen MR) is 142 cm³/mol. The molecular weight excluding hydrogens is 466 g/mol. The van der Waals surface area contributed by atoms with E-state index in [0.717, 1.165) is 33.5 Å². The largest absolute Gasteiger partial charge is 0.497 e. The van der Waals surface area contributed by atoms with Gasteiger partial charge >= 0.3 is 5.97 Å². The molecule has 0 spiro atoms. The van der Waals surface area contributed by atoms with Gasteiger partial charge in [-0.1, -0.05) is 60.7 Å². The van der Waals surface area contributed by atoms with Gasteiger partial charge in [0.1, 0.15) is 5.75 Å². The lowest BCUT2D eigenvalue weighted by molar-refractivity contribution is -0.144. The van der Waals surface area contributed by atoms with Crippen molar-refractivity contribution in [2.75, 3.05) is 20.8 Å². The molecule has 0 radical (unpaired) electrons. The number of fused-ring (bicyclic) bond motifs is 3. The highest BCUT2D eigenvalue weighted by Gasteiger charge is 2.39. The summed E-state index contributed by atoms with van der Waals surface area (Å²) in [4.78, 5) is 31.4. The minimum absolute atomic E-state index is 0.0551. The lowest BCUT2D eigenvalue weighted by atomic mass is 9.86. The van der Waals surface area contributed by atoms with Crippen LogP contribution in [0.2, 0.25) is 0 Å². The summed E-state index contributed by atoms with van der Waals surface area (Å²) in [6.45, 7) is 0.530. The molecule has 190 valence electrons. The van der Waals surface area contributed by atoms with E-state index in [2.05, 4.69) is 27.3 Å². The van der Waals surface area contributed by atoms with Gasteiger partial charge in [0.05, 0.1) is 26.8 Å². The molecule has 1 aliphatic rings. The molecule has 4 aromatic rings. The summed E-state index contributed by atoms with van der Waals surface area (Å²) in [5, 5.41) is 4.19. The highest BCUT2D eigenvalue weighted by molar-refractivity contribution is 5.86. The van der Waals surface area contributed by atoms with Crippen LogP contribution in [0.1, 0.15) is 34.8 Å². The highest BCUT2D eigenvalue weighted by atomic mass is 16.5. The third-order valence-corrected chi connectivity index (χ3v) is 7.08. The molecule has 1 aliphatic heterocycles. The zero-order valence-electron chi connectivity index (χ0n) is 21.1. The Bertz CT molecular complexity index is 1380. The predicted octanol–water partition coefficient (Wildman–Crippen LogP) is 4.37. The second-order valence-electron chi connectivity index (χ2n) is 9.31. The Kier molecular flexibility index (Phi) is 7.23. The molecule has 0 aliphatic carbocycles. The third kappa shape index (κ3) is 5.22. The van der Waals surface area contributed by atoms with E-state index in [-0.39, 0.29) is 36.9 Å². The van der Waals surface area contributed by atoms with Crippen LogP contribution in [-0.4, -0.2) is 48.6 Å². The molecule has 0 saturated carbocycles. The molecule has 7 heteroatoms. The van der Waals surface area contributed by atoms with E-state index in [1.54, 1.807) is 7.11 Å². The number of ether oxygens (including phenoxy) is 2. The van der Waals surface area contributed by atoms with Crippen molar-refractivity contribution in [3.05, 3.63) is 101 Å². The van der Waals surface area contributed by atoms with E-state index >= 15 is 0 Å². The van der Waals surface area contributed by atoms with Crippen LogP contribution in [0.5, 0.6) is 5.75 Å². The monoisotopic (exact) mass is 497 g/mol. The summed E-state index contributed by atoms with van der Waals surface area (Å²) < 4.78 is 10.4. The van der Waals surface area contributed by atoms with Crippen LogP contribution < -0.4 is 10.1 Å². The summed E-state index contributed by atoms with van der Waals surface area (Å²) in [6.07, 6.45) is 0.900. The molecule has 1 amide bonds. The van der Waals surface area contributed by atoms with Crippen LogP contribution in [0, 0.1) is 0 Å². The molecule has 5 rings (SSSR count). The molecule has 0 bridgehead atoms. The van der Waals surface area contributed by atoms with E-state index in [4.69, 9.17) is 9.47 Å². The van der Waals surface area contributed by atoms with Gasteiger partial charge in [-0.15, -0.1) is 0 Å². The van der Waals surface area contributed by atoms with Crippen LogP contribution in [0.15, 0.2) is 78.9 Å². The maximum Gasteiger partial charge on any atom is 0.319 e. The first-order valence-electron chi connectivity index (χ1n) is 12.4. The minimum atomic E-state index is -0.340. The molecule has 2 atom stereocenters. The van der Waals surface area contributed by atoms with Gasteiger partial charge < -0.3 is 19.8 Å². The molecular formula is C30H31N3O4. The first kappa shape index (κ1) is 24.6. The van der Waals surface area contributed by atoms with Crippen LogP contribution >= 0.6 is 0 Å². The van der Waals surface area contributed by atoms with Crippen LogP contribution in [0.4, 0.5) is 0 Å². The molecule has 3 aromatic carbocycles. The number of hydrogen-bond acceptors (Lipinski definition) is 5. The average molecular weight is 498 g/mol. The number of amides is 1. The fourth-order valence-electron chi connectivity index (χ4n) is 5.25. The Morgan fingerprint density at radius 3 is 2.43 bits per heavy atom. The quantitative estimate of drug-likeness (QED) is 0.353. The molecule has 1 aromatic heterocycles. The van der Waals surface area contributed by atoms with Crippen molar-refractivity contribution in [1.29, 1.82) is 0 Å². The van der Waals surface area contributed by atoms with E-state index in [1.807, 2.05) is 66.7 Å². The van der Waals surface area contributed by atoms with Gasteiger partial charge in [0.15, 0.2) is 0 Å². The Labute approximate surface area is 216 Å². The van der Waals surface area contributed by atoms with Crippen LogP contribution in [0.25, 0.3) is 10.9 Å². The number of nitrogens with zero attached hydrogens (tertiary/aromatic N) is 1. The molecule has 37 heavy (non-hydrogen) atoms. The normalized spacial score (nSPS) is 17.2. The summed E-state index contributed by atoms with van der Waals surface area (Å²) in [6, 6.07) is 25.5. The first-order valence-corrected chi connectivity index (χ1v) is 12.4. The van der Waals surface area contributed by atoms with Crippen molar-refractivity contribution < 1.29 is 19.1 Å². The first-order chi connectivity index (χ1) is 18.1. The Morgan fingerprint density at radius 1 is 0.973 bits per heavy atom. The molecule has 2 N–H and O–H groups in total.